The number of aromatic nitrogens is 2. The predicted molar refractivity (Wildman–Crippen MR) is 70.0 cm³/mol. The standard InChI is InChI=1S/C14H17N3O2/c1-14(6-7-15-9-14)13-16-12(17-19-13)8-10-2-4-11(18)5-3-10/h2-5,15,18H,6-9H2,1H3. The molecule has 1 aromatic carbocycles. The molecule has 0 aliphatic carbocycles. The lowest BCUT2D eigenvalue weighted by molar-refractivity contribution is 0.304. The Kier molecular flexibility index (Phi) is 2.98. The number of phenolic OH excluding ortho intramolecular Hbond substituents is 1. The van der Waals surface area contributed by atoms with Crippen LogP contribution in [-0.2, 0) is 11.8 Å². The molecule has 1 unspecified atom stereocenters. The molecule has 0 radical (unpaired) electrons. The molecule has 0 spiro atoms. The number of hydrogen-bond acceptors (Lipinski definition) is 5. The molecule has 2 heterocycles. The number of aromatic hydroxyl groups is 1. The van der Waals surface area contributed by atoms with Crippen LogP contribution in [0.25, 0.3) is 0 Å². The number of benzene rings is 1. The van der Waals surface area contributed by atoms with Gasteiger partial charge in [0, 0.05) is 13.0 Å². The van der Waals surface area contributed by atoms with Crippen molar-refractivity contribution in [3.05, 3.63) is 41.5 Å². The minimum Gasteiger partial charge on any atom is -0.508 e. The summed E-state index contributed by atoms with van der Waals surface area (Å²) in [5.74, 6) is 1.67. The normalized spacial score (nSPS) is 22.8. The summed E-state index contributed by atoms with van der Waals surface area (Å²) < 4.78 is 5.40. The lowest BCUT2D eigenvalue weighted by Gasteiger charge is -2.15. The predicted octanol–water partition coefficient (Wildman–Crippen LogP) is 1.62. The molecule has 0 amide bonds. The van der Waals surface area contributed by atoms with E-state index in [1.165, 1.54) is 0 Å². The molecule has 0 saturated carbocycles. The second-order valence-electron chi connectivity index (χ2n) is 5.35. The summed E-state index contributed by atoms with van der Waals surface area (Å²) in [4.78, 5) is 4.50. The second kappa shape index (κ2) is 4.66. The van der Waals surface area contributed by atoms with Gasteiger partial charge in [0.1, 0.15) is 5.75 Å². The average molecular weight is 259 g/mol. The largest absolute Gasteiger partial charge is 0.508 e. The third kappa shape index (κ3) is 2.46. The first-order chi connectivity index (χ1) is 9.16. The van der Waals surface area contributed by atoms with Gasteiger partial charge in [0.15, 0.2) is 5.82 Å². The number of rotatable bonds is 3. The van der Waals surface area contributed by atoms with E-state index in [9.17, 15) is 5.11 Å². The van der Waals surface area contributed by atoms with Crippen molar-refractivity contribution in [3.8, 4) is 5.75 Å². The fraction of sp³-hybridized carbons (Fsp3) is 0.429. The molecule has 100 valence electrons. The van der Waals surface area contributed by atoms with Gasteiger partial charge in [0.25, 0.3) is 0 Å². The maximum Gasteiger partial charge on any atom is 0.233 e. The highest BCUT2D eigenvalue weighted by Gasteiger charge is 2.36. The molecule has 3 rings (SSSR count). The van der Waals surface area contributed by atoms with E-state index in [-0.39, 0.29) is 11.2 Å². The fourth-order valence-corrected chi connectivity index (χ4v) is 2.37. The van der Waals surface area contributed by atoms with E-state index >= 15 is 0 Å². The van der Waals surface area contributed by atoms with Crippen molar-refractivity contribution in [3.63, 3.8) is 0 Å². The van der Waals surface area contributed by atoms with Crippen molar-refractivity contribution in [2.75, 3.05) is 13.1 Å². The van der Waals surface area contributed by atoms with Gasteiger partial charge in [-0.3, -0.25) is 0 Å². The highest BCUT2D eigenvalue weighted by Crippen LogP contribution is 2.28. The van der Waals surface area contributed by atoms with Crippen LogP contribution in [0.15, 0.2) is 28.8 Å². The Hall–Kier alpha value is -1.88. The monoisotopic (exact) mass is 259 g/mol. The highest BCUT2D eigenvalue weighted by molar-refractivity contribution is 5.27. The zero-order valence-corrected chi connectivity index (χ0v) is 10.9. The summed E-state index contributed by atoms with van der Waals surface area (Å²) in [5, 5.41) is 16.6. The zero-order valence-electron chi connectivity index (χ0n) is 10.9. The molecule has 1 aliphatic rings. The Labute approximate surface area is 111 Å². The van der Waals surface area contributed by atoms with Gasteiger partial charge in [-0.15, -0.1) is 0 Å². The second-order valence-corrected chi connectivity index (χ2v) is 5.35. The van der Waals surface area contributed by atoms with E-state index in [0.29, 0.717) is 18.1 Å². The number of hydrogen-bond donors (Lipinski definition) is 2. The van der Waals surface area contributed by atoms with Crippen LogP contribution in [0, 0.1) is 0 Å². The Morgan fingerprint density at radius 3 is 2.84 bits per heavy atom. The van der Waals surface area contributed by atoms with Crippen LogP contribution in [0.1, 0.15) is 30.6 Å². The van der Waals surface area contributed by atoms with Crippen molar-refractivity contribution >= 4 is 0 Å². The molecular weight excluding hydrogens is 242 g/mol. The van der Waals surface area contributed by atoms with Crippen LogP contribution in [0.3, 0.4) is 0 Å². The average Bonchev–Trinajstić information content (AvgIpc) is 3.02. The first-order valence-electron chi connectivity index (χ1n) is 6.47. The maximum absolute atomic E-state index is 9.25. The molecule has 5 heteroatoms. The number of phenols is 1. The fourth-order valence-electron chi connectivity index (χ4n) is 2.37. The first kappa shape index (κ1) is 12.2. The maximum atomic E-state index is 9.25. The molecule has 1 aliphatic heterocycles. The van der Waals surface area contributed by atoms with Gasteiger partial charge in [-0.05, 0) is 37.6 Å². The molecule has 0 bridgehead atoms. The topological polar surface area (TPSA) is 71.2 Å². The summed E-state index contributed by atoms with van der Waals surface area (Å²) in [6.07, 6.45) is 1.64. The summed E-state index contributed by atoms with van der Waals surface area (Å²) in [7, 11) is 0. The minimum absolute atomic E-state index is 0.0415. The van der Waals surface area contributed by atoms with Crippen molar-refractivity contribution in [1.29, 1.82) is 0 Å². The van der Waals surface area contributed by atoms with Gasteiger partial charge in [0.2, 0.25) is 5.89 Å². The molecule has 1 aromatic heterocycles. The number of nitrogens with zero attached hydrogens (tertiary/aromatic N) is 2. The Morgan fingerprint density at radius 1 is 1.37 bits per heavy atom. The van der Waals surface area contributed by atoms with E-state index in [1.807, 2.05) is 12.1 Å². The first-order valence-corrected chi connectivity index (χ1v) is 6.47. The lowest BCUT2D eigenvalue weighted by atomic mass is 9.90. The van der Waals surface area contributed by atoms with E-state index in [4.69, 9.17) is 4.52 Å². The summed E-state index contributed by atoms with van der Waals surface area (Å²) >= 11 is 0. The van der Waals surface area contributed by atoms with Crippen LogP contribution in [0.2, 0.25) is 0 Å². The summed E-state index contributed by atoms with van der Waals surface area (Å²) in [5.41, 5.74) is 1.01. The SMILES string of the molecule is CC1(c2nc(Cc3ccc(O)cc3)no2)CCNC1. The van der Waals surface area contributed by atoms with Crippen LogP contribution < -0.4 is 5.32 Å². The molecule has 2 N–H and O–H groups in total. The molecular formula is C14H17N3O2. The zero-order chi connectivity index (χ0) is 13.3. The van der Waals surface area contributed by atoms with Crippen molar-refractivity contribution in [1.82, 2.24) is 15.5 Å². The van der Waals surface area contributed by atoms with E-state index in [2.05, 4.69) is 22.4 Å². The molecule has 1 saturated heterocycles. The van der Waals surface area contributed by atoms with Crippen LogP contribution in [0.4, 0.5) is 0 Å². The van der Waals surface area contributed by atoms with Crippen LogP contribution in [-0.4, -0.2) is 28.3 Å². The number of nitrogens with one attached hydrogen (secondary N) is 1. The Morgan fingerprint density at radius 2 is 2.16 bits per heavy atom. The Balaban J connectivity index is 1.76. The van der Waals surface area contributed by atoms with E-state index < -0.39 is 0 Å². The quantitative estimate of drug-likeness (QED) is 0.876. The van der Waals surface area contributed by atoms with Gasteiger partial charge < -0.3 is 14.9 Å². The molecule has 5 nitrogen and oxygen atoms in total. The molecule has 1 fully saturated rings. The minimum atomic E-state index is -0.0415. The third-order valence-corrected chi connectivity index (χ3v) is 3.65. The van der Waals surface area contributed by atoms with E-state index in [1.54, 1.807) is 12.1 Å². The molecule has 1 atom stereocenters. The molecule has 19 heavy (non-hydrogen) atoms. The Bertz CT molecular complexity index is 556. The van der Waals surface area contributed by atoms with Gasteiger partial charge in [-0.2, -0.15) is 4.98 Å². The van der Waals surface area contributed by atoms with Crippen molar-refractivity contribution in [2.24, 2.45) is 0 Å². The van der Waals surface area contributed by atoms with Crippen LogP contribution >= 0.6 is 0 Å². The smallest absolute Gasteiger partial charge is 0.233 e. The van der Waals surface area contributed by atoms with Gasteiger partial charge in [-0.25, -0.2) is 0 Å². The summed E-state index contributed by atoms with van der Waals surface area (Å²) in [6.45, 7) is 4.02. The van der Waals surface area contributed by atoms with E-state index in [0.717, 1.165) is 25.1 Å². The van der Waals surface area contributed by atoms with Gasteiger partial charge >= 0.3 is 0 Å². The summed E-state index contributed by atoms with van der Waals surface area (Å²) in [6, 6.07) is 7.06. The van der Waals surface area contributed by atoms with Crippen LogP contribution in [0.5, 0.6) is 5.75 Å². The van der Waals surface area contributed by atoms with Gasteiger partial charge in [0.05, 0.1) is 5.41 Å². The van der Waals surface area contributed by atoms with Crippen molar-refractivity contribution < 1.29 is 9.63 Å². The highest BCUT2D eigenvalue weighted by atomic mass is 16.5. The third-order valence-electron chi connectivity index (χ3n) is 3.65. The molecule has 2 aromatic rings. The van der Waals surface area contributed by atoms with Gasteiger partial charge in [-0.1, -0.05) is 17.3 Å². The lowest BCUT2D eigenvalue weighted by Crippen LogP contribution is -2.25. The van der Waals surface area contributed by atoms with Crippen molar-refractivity contribution in [2.45, 2.75) is 25.2 Å².